The van der Waals surface area contributed by atoms with Crippen molar-refractivity contribution in [3.05, 3.63) is 28.0 Å². The minimum Gasteiger partial charge on any atom is -0.493 e. The van der Waals surface area contributed by atoms with Crippen molar-refractivity contribution in [1.82, 2.24) is 0 Å². The number of hydrogen-bond donors (Lipinski definition) is 0. The van der Waals surface area contributed by atoms with E-state index in [0.717, 1.165) is 0 Å². The van der Waals surface area contributed by atoms with Crippen LogP contribution < -0.4 is 4.74 Å². The number of alkyl halides is 3. The van der Waals surface area contributed by atoms with Gasteiger partial charge in [-0.3, -0.25) is 0 Å². The maximum Gasteiger partial charge on any atom is 0.421 e. The molecule has 0 aliphatic carbocycles. The van der Waals surface area contributed by atoms with Gasteiger partial charge in [-0.15, -0.1) is 0 Å². The lowest BCUT2D eigenvalue weighted by Gasteiger charge is -2.15. The monoisotopic (exact) mass is 264 g/mol. The molecule has 1 aromatic rings. The summed E-state index contributed by atoms with van der Waals surface area (Å²) in [6.45, 7) is 0. The van der Waals surface area contributed by atoms with Crippen molar-refractivity contribution in [3.63, 3.8) is 0 Å². The zero-order valence-corrected chi connectivity index (χ0v) is 8.31. The molecule has 0 heterocycles. The summed E-state index contributed by atoms with van der Waals surface area (Å²) in [5.74, 6) is -7.77. The second kappa shape index (κ2) is 4.04. The molecule has 0 atom stereocenters. The summed E-state index contributed by atoms with van der Waals surface area (Å²) < 4.78 is 79.6. The topological polar surface area (TPSA) is 9.23 Å². The van der Waals surface area contributed by atoms with Gasteiger partial charge < -0.3 is 4.74 Å². The van der Waals surface area contributed by atoms with Crippen molar-refractivity contribution < 1.29 is 31.1 Å². The molecule has 0 saturated carbocycles. The lowest BCUT2D eigenvalue weighted by Crippen LogP contribution is -2.12. The average molecular weight is 265 g/mol. The molecule has 0 unspecified atom stereocenters. The Hall–Kier alpha value is -1.11. The molecule has 0 fully saturated rings. The lowest BCUT2D eigenvalue weighted by atomic mass is 10.1. The molecule has 0 spiro atoms. The fourth-order valence-electron chi connectivity index (χ4n) is 1.06. The molecule has 8 heteroatoms. The highest BCUT2D eigenvalue weighted by atomic mass is 35.5. The third-order valence-corrected chi connectivity index (χ3v) is 2.07. The van der Waals surface area contributed by atoms with Crippen LogP contribution >= 0.6 is 11.6 Å². The van der Waals surface area contributed by atoms with E-state index in [9.17, 15) is 26.3 Å². The Morgan fingerprint density at radius 3 is 1.88 bits per heavy atom. The van der Waals surface area contributed by atoms with Gasteiger partial charge in [-0.1, -0.05) is 11.6 Å². The average Bonchev–Trinajstić information content (AvgIpc) is 2.18. The molecule has 0 radical (unpaired) electrons. The Morgan fingerprint density at radius 2 is 1.50 bits per heavy atom. The number of rotatable bonds is 1. The number of benzene rings is 1. The van der Waals surface area contributed by atoms with Crippen LogP contribution in [0.1, 0.15) is 5.56 Å². The standard InChI is InChI=1S/C8H3ClF6O/c1-16-7-2(8(13,14)15)3(9)4(10)5(11)6(7)12/h1H3. The van der Waals surface area contributed by atoms with Crippen LogP contribution in [0.5, 0.6) is 5.75 Å². The van der Waals surface area contributed by atoms with Crippen molar-refractivity contribution in [3.8, 4) is 5.75 Å². The number of halogens is 7. The minimum absolute atomic E-state index is 0.682. The second-order valence-corrected chi connectivity index (χ2v) is 3.04. The zero-order valence-electron chi connectivity index (χ0n) is 7.55. The summed E-state index contributed by atoms with van der Waals surface area (Å²) in [5, 5.41) is -1.57. The van der Waals surface area contributed by atoms with Gasteiger partial charge in [-0.25, -0.2) is 8.78 Å². The van der Waals surface area contributed by atoms with E-state index in [1.54, 1.807) is 0 Å². The summed E-state index contributed by atoms with van der Waals surface area (Å²) in [6, 6.07) is 0. The van der Waals surface area contributed by atoms with E-state index in [1.807, 2.05) is 0 Å². The van der Waals surface area contributed by atoms with Gasteiger partial charge in [-0.2, -0.15) is 17.6 Å². The molecule has 1 nitrogen and oxygen atoms in total. The Balaban J connectivity index is 3.72. The van der Waals surface area contributed by atoms with Crippen LogP contribution in [-0.2, 0) is 6.18 Å². The van der Waals surface area contributed by atoms with Crippen molar-refractivity contribution in [2.24, 2.45) is 0 Å². The molecule has 1 rings (SSSR count). The molecule has 0 aliphatic rings. The highest BCUT2D eigenvalue weighted by Crippen LogP contribution is 2.44. The van der Waals surface area contributed by atoms with Gasteiger partial charge in [0.05, 0.1) is 12.1 Å². The SMILES string of the molecule is COc1c(F)c(F)c(F)c(Cl)c1C(F)(F)F. The number of hydrogen-bond acceptors (Lipinski definition) is 1. The summed E-state index contributed by atoms with van der Waals surface area (Å²) >= 11 is 4.96. The predicted octanol–water partition coefficient (Wildman–Crippen LogP) is 3.78. The minimum atomic E-state index is -5.15. The quantitative estimate of drug-likeness (QED) is 0.426. The van der Waals surface area contributed by atoms with Crippen LogP contribution in [0, 0.1) is 17.5 Å². The molecule has 0 saturated heterocycles. The molecule has 0 amide bonds. The van der Waals surface area contributed by atoms with Crippen LogP contribution in [0.3, 0.4) is 0 Å². The fourth-order valence-corrected chi connectivity index (χ4v) is 1.33. The molecule has 16 heavy (non-hydrogen) atoms. The van der Waals surface area contributed by atoms with E-state index >= 15 is 0 Å². The van der Waals surface area contributed by atoms with Crippen LogP contribution in [0.15, 0.2) is 0 Å². The van der Waals surface area contributed by atoms with E-state index in [1.165, 1.54) is 0 Å². The zero-order chi connectivity index (χ0) is 12.7. The molecule has 0 bridgehead atoms. The van der Waals surface area contributed by atoms with Gasteiger partial charge in [0.15, 0.2) is 17.4 Å². The van der Waals surface area contributed by atoms with Gasteiger partial charge in [-0.05, 0) is 0 Å². The third kappa shape index (κ3) is 1.91. The van der Waals surface area contributed by atoms with Gasteiger partial charge in [0.2, 0.25) is 5.82 Å². The van der Waals surface area contributed by atoms with E-state index in [0.29, 0.717) is 7.11 Å². The molecular weight excluding hydrogens is 262 g/mol. The predicted molar refractivity (Wildman–Crippen MR) is 42.9 cm³/mol. The van der Waals surface area contributed by atoms with Gasteiger partial charge in [0.25, 0.3) is 0 Å². The maximum absolute atomic E-state index is 12.9. The third-order valence-electron chi connectivity index (χ3n) is 1.71. The summed E-state index contributed by atoms with van der Waals surface area (Å²) in [7, 11) is 0.682. The van der Waals surface area contributed by atoms with Crippen LogP contribution in [0.25, 0.3) is 0 Å². The normalized spacial score (nSPS) is 11.8. The number of methoxy groups -OCH3 is 1. The van der Waals surface area contributed by atoms with Crippen molar-refractivity contribution in [2.75, 3.05) is 7.11 Å². The second-order valence-electron chi connectivity index (χ2n) is 2.66. The highest BCUT2D eigenvalue weighted by Gasteiger charge is 2.41. The van der Waals surface area contributed by atoms with Crippen LogP contribution in [0.4, 0.5) is 26.3 Å². The number of ether oxygens (including phenoxy) is 1. The first-order valence-corrected chi connectivity index (χ1v) is 4.06. The van der Waals surface area contributed by atoms with E-state index in [2.05, 4.69) is 4.74 Å². The Labute approximate surface area is 90.6 Å². The first-order chi connectivity index (χ1) is 7.21. The van der Waals surface area contributed by atoms with E-state index < -0.39 is 40.0 Å². The molecule has 0 aromatic heterocycles. The van der Waals surface area contributed by atoms with Gasteiger partial charge in [0.1, 0.15) is 5.56 Å². The van der Waals surface area contributed by atoms with Crippen molar-refractivity contribution in [2.45, 2.75) is 6.18 Å². The molecule has 0 aliphatic heterocycles. The summed E-state index contributed by atoms with van der Waals surface area (Å²) in [6.07, 6.45) is -5.15. The fraction of sp³-hybridized carbons (Fsp3) is 0.250. The Kier molecular flexibility index (Phi) is 3.27. The van der Waals surface area contributed by atoms with E-state index in [4.69, 9.17) is 11.6 Å². The maximum atomic E-state index is 12.9. The molecule has 0 N–H and O–H groups in total. The van der Waals surface area contributed by atoms with Crippen LogP contribution in [0.2, 0.25) is 5.02 Å². The first kappa shape index (κ1) is 13.0. The Bertz CT molecular complexity index is 428. The Morgan fingerprint density at radius 1 is 1.00 bits per heavy atom. The van der Waals surface area contributed by atoms with Crippen molar-refractivity contribution >= 4 is 11.6 Å². The molecular formula is C8H3ClF6O. The van der Waals surface area contributed by atoms with Crippen LogP contribution in [-0.4, -0.2) is 7.11 Å². The highest BCUT2D eigenvalue weighted by molar-refractivity contribution is 6.31. The smallest absolute Gasteiger partial charge is 0.421 e. The summed E-state index contributed by atoms with van der Waals surface area (Å²) in [4.78, 5) is 0. The van der Waals surface area contributed by atoms with E-state index in [-0.39, 0.29) is 0 Å². The van der Waals surface area contributed by atoms with Gasteiger partial charge in [0, 0.05) is 0 Å². The first-order valence-electron chi connectivity index (χ1n) is 3.69. The van der Waals surface area contributed by atoms with Crippen molar-refractivity contribution in [1.29, 1.82) is 0 Å². The lowest BCUT2D eigenvalue weighted by molar-refractivity contribution is -0.139. The summed E-state index contributed by atoms with van der Waals surface area (Å²) in [5.41, 5.74) is -1.88. The largest absolute Gasteiger partial charge is 0.493 e. The molecule has 1 aromatic carbocycles. The molecule has 90 valence electrons. The van der Waals surface area contributed by atoms with Gasteiger partial charge >= 0.3 is 6.18 Å².